The second-order valence-corrected chi connectivity index (χ2v) is 5.96. The molecule has 1 saturated carbocycles. The molecule has 1 heteroatoms. The van der Waals surface area contributed by atoms with Crippen LogP contribution in [0.4, 0.5) is 0 Å². The van der Waals surface area contributed by atoms with Gasteiger partial charge in [-0.3, -0.25) is 0 Å². The van der Waals surface area contributed by atoms with Crippen LogP contribution in [0.15, 0.2) is 0 Å². The molecule has 96 valence electrons. The molecule has 1 fully saturated rings. The highest BCUT2D eigenvalue weighted by Crippen LogP contribution is 2.31. The number of nitrogens with two attached hydrogens (primary N) is 1. The Balaban J connectivity index is 1.95. The molecule has 1 rings (SSSR count). The average molecular weight is 225 g/mol. The maximum absolute atomic E-state index is 6.02. The van der Waals surface area contributed by atoms with Crippen LogP contribution < -0.4 is 5.73 Å². The van der Waals surface area contributed by atoms with Crippen molar-refractivity contribution < 1.29 is 0 Å². The molecule has 0 radical (unpaired) electrons. The molecule has 1 atom stereocenters. The second-order valence-electron chi connectivity index (χ2n) is 5.96. The van der Waals surface area contributed by atoms with Crippen molar-refractivity contribution in [2.45, 2.75) is 84.1 Å². The van der Waals surface area contributed by atoms with Gasteiger partial charge in [0.1, 0.15) is 0 Å². The Bertz CT molecular complexity index is 159. The van der Waals surface area contributed by atoms with E-state index in [0.717, 1.165) is 11.8 Å². The molecule has 0 aromatic carbocycles. The topological polar surface area (TPSA) is 26.0 Å². The van der Waals surface area contributed by atoms with Crippen LogP contribution in [0.1, 0.15) is 78.1 Å². The largest absolute Gasteiger partial charge is 0.328 e. The minimum absolute atomic E-state index is 0.469. The number of unbranched alkanes of at least 4 members (excludes halogenated alkanes) is 1. The lowest BCUT2D eigenvalue weighted by molar-refractivity contribution is 0.271. The van der Waals surface area contributed by atoms with E-state index in [-0.39, 0.29) is 0 Å². The molecule has 0 heterocycles. The Labute approximate surface area is 102 Å². The summed E-state index contributed by atoms with van der Waals surface area (Å²) in [6.45, 7) is 4.63. The molecule has 0 bridgehead atoms. The average Bonchev–Trinajstić information content (AvgIpc) is 2.27. The molecular formula is C15H31N. The van der Waals surface area contributed by atoms with Gasteiger partial charge in [-0.2, -0.15) is 0 Å². The van der Waals surface area contributed by atoms with Crippen molar-refractivity contribution in [3.63, 3.8) is 0 Å². The van der Waals surface area contributed by atoms with E-state index in [1.165, 1.54) is 64.2 Å². The molecule has 0 aromatic heterocycles. The highest BCUT2D eigenvalue weighted by atomic mass is 14.6. The van der Waals surface area contributed by atoms with Gasteiger partial charge >= 0.3 is 0 Å². The van der Waals surface area contributed by atoms with Crippen LogP contribution in [0, 0.1) is 11.8 Å². The van der Waals surface area contributed by atoms with Gasteiger partial charge in [-0.15, -0.1) is 0 Å². The highest BCUT2D eigenvalue weighted by molar-refractivity contribution is 4.70. The van der Waals surface area contributed by atoms with Gasteiger partial charge in [0, 0.05) is 6.04 Å². The summed E-state index contributed by atoms with van der Waals surface area (Å²) in [5.74, 6) is 2.04. The second kappa shape index (κ2) is 8.11. The summed E-state index contributed by atoms with van der Waals surface area (Å²) < 4.78 is 0. The predicted molar refractivity (Wildman–Crippen MR) is 72.5 cm³/mol. The minimum atomic E-state index is 0.469. The molecule has 0 aromatic rings. The van der Waals surface area contributed by atoms with Crippen molar-refractivity contribution in [1.29, 1.82) is 0 Å². The molecule has 1 nitrogen and oxygen atoms in total. The van der Waals surface area contributed by atoms with Crippen molar-refractivity contribution in [3.05, 3.63) is 0 Å². The zero-order chi connectivity index (χ0) is 11.8. The molecule has 0 amide bonds. The quantitative estimate of drug-likeness (QED) is 0.634. The van der Waals surface area contributed by atoms with E-state index in [1.54, 1.807) is 0 Å². The van der Waals surface area contributed by atoms with E-state index in [2.05, 4.69) is 13.8 Å². The number of hydrogen-bond acceptors (Lipinski definition) is 1. The fourth-order valence-corrected chi connectivity index (χ4v) is 2.97. The van der Waals surface area contributed by atoms with Crippen molar-refractivity contribution in [1.82, 2.24) is 0 Å². The van der Waals surface area contributed by atoms with Crippen LogP contribution >= 0.6 is 0 Å². The maximum atomic E-state index is 6.02. The van der Waals surface area contributed by atoms with Gasteiger partial charge < -0.3 is 5.73 Å². The molecule has 1 aliphatic rings. The lowest BCUT2D eigenvalue weighted by atomic mass is 9.80. The fraction of sp³-hybridized carbons (Fsp3) is 1.00. The third-order valence-corrected chi connectivity index (χ3v) is 4.23. The van der Waals surface area contributed by atoms with Gasteiger partial charge in [0.05, 0.1) is 0 Å². The molecule has 0 spiro atoms. The Hall–Kier alpha value is -0.0400. The normalized spacial score (nSPS) is 27.9. The van der Waals surface area contributed by atoms with Crippen molar-refractivity contribution >= 4 is 0 Å². The molecule has 1 aliphatic carbocycles. The summed E-state index contributed by atoms with van der Waals surface area (Å²) in [6, 6.07) is 0.469. The first-order valence-electron chi connectivity index (χ1n) is 7.48. The predicted octanol–water partition coefficient (Wildman–Crippen LogP) is 4.50. The Morgan fingerprint density at radius 2 is 1.75 bits per heavy atom. The van der Waals surface area contributed by atoms with Gasteiger partial charge in [-0.1, -0.05) is 65.2 Å². The van der Waals surface area contributed by atoms with Gasteiger partial charge in [-0.25, -0.2) is 0 Å². The monoisotopic (exact) mass is 225 g/mol. The van der Waals surface area contributed by atoms with E-state index in [4.69, 9.17) is 5.73 Å². The van der Waals surface area contributed by atoms with Gasteiger partial charge in [-0.05, 0) is 24.7 Å². The van der Waals surface area contributed by atoms with Crippen molar-refractivity contribution in [2.24, 2.45) is 17.6 Å². The zero-order valence-electron chi connectivity index (χ0n) is 11.4. The Morgan fingerprint density at radius 3 is 2.38 bits per heavy atom. The van der Waals surface area contributed by atoms with Gasteiger partial charge in [0.15, 0.2) is 0 Å². The molecule has 2 N–H and O–H groups in total. The van der Waals surface area contributed by atoms with Crippen LogP contribution in [-0.4, -0.2) is 6.04 Å². The SMILES string of the molecule is CCCC(N)CCCCC1CCC(C)CC1. The molecule has 0 saturated heterocycles. The molecule has 16 heavy (non-hydrogen) atoms. The van der Waals surface area contributed by atoms with Crippen molar-refractivity contribution in [3.8, 4) is 0 Å². The van der Waals surface area contributed by atoms with E-state index >= 15 is 0 Å². The summed E-state index contributed by atoms with van der Waals surface area (Å²) in [6.07, 6.45) is 13.8. The lowest BCUT2D eigenvalue weighted by Gasteiger charge is -2.26. The molecule has 1 unspecified atom stereocenters. The van der Waals surface area contributed by atoms with Gasteiger partial charge in [0.25, 0.3) is 0 Å². The van der Waals surface area contributed by atoms with Crippen LogP contribution in [0.25, 0.3) is 0 Å². The van der Waals surface area contributed by atoms with E-state index in [0.29, 0.717) is 6.04 Å². The Kier molecular flexibility index (Phi) is 7.11. The molecular weight excluding hydrogens is 194 g/mol. The summed E-state index contributed by atoms with van der Waals surface area (Å²) in [5.41, 5.74) is 6.02. The first-order valence-corrected chi connectivity index (χ1v) is 7.48. The van der Waals surface area contributed by atoms with Gasteiger partial charge in [0.2, 0.25) is 0 Å². The standard InChI is InChI=1S/C15H31N/c1-3-6-15(16)8-5-4-7-14-11-9-13(2)10-12-14/h13-15H,3-12,16H2,1-2H3. The van der Waals surface area contributed by atoms with E-state index in [1.807, 2.05) is 0 Å². The number of rotatable bonds is 7. The maximum Gasteiger partial charge on any atom is 0.00387 e. The summed E-state index contributed by atoms with van der Waals surface area (Å²) in [4.78, 5) is 0. The van der Waals surface area contributed by atoms with E-state index in [9.17, 15) is 0 Å². The van der Waals surface area contributed by atoms with Crippen molar-refractivity contribution in [2.75, 3.05) is 0 Å². The first kappa shape index (κ1) is 14.0. The van der Waals surface area contributed by atoms with Crippen LogP contribution in [0.3, 0.4) is 0 Å². The highest BCUT2D eigenvalue weighted by Gasteiger charge is 2.17. The number of hydrogen-bond donors (Lipinski definition) is 1. The lowest BCUT2D eigenvalue weighted by Crippen LogP contribution is -2.19. The third-order valence-electron chi connectivity index (χ3n) is 4.23. The summed E-state index contributed by atoms with van der Waals surface area (Å²) >= 11 is 0. The smallest absolute Gasteiger partial charge is 0.00387 e. The minimum Gasteiger partial charge on any atom is -0.328 e. The van der Waals surface area contributed by atoms with Crippen LogP contribution in [0.2, 0.25) is 0 Å². The fourth-order valence-electron chi connectivity index (χ4n) is 2.97. The molecule has 0 aliphatic heterocycles. The van der Waals surface area contributed by atoms with E-state index < -0.39 is 0 Å². The first-order chi connectivity index (χ1) is 7.72. The summed E-state index contributed by atoms with van der Waals surface area (Å²) in [5, 5.41) is 0. The third kappa shape index (κ3) is 5.89. The zero-order valence-corrected chi connectivity index (χ0v) is 11.4. The van der Waals surface area contributed by atoms with Crippen LogP contribution in [0.5, 0.6) is 0 Å². The Morgan fingerprint density at radius 1 is 1.06 bits per heavy atom. The summed E-state index contributed by atoms with van der Waals surface area (Å²) in [7, 11) is 0. The van der Waals surface area contributed by atoms with Crippen LogP contribution in [-0.2, 0) is 0 Å².